The van der Waals surface area contributed by atoms with Crippen LogP contribution in [0.15, 0.2) is 0 Å². The van der Waals surface area contributed by atoms with Crippen molar-refractivity contribution in [1.29, 1.82) is 5.26 Å². The van der Waals surface area contributed by atoms with Gasteiger partial charge in [-0.05, 0) is 20.8 Å². The van der Waals surface area contributed by atoms with Crippen molar-refractivity contribution in [3.8, 4) is 6.07 Å². The van der Waals surface area contributed by atoms with Crippen LogP contribution < -0.4 is 5.32 Å². The number of nitrogens with one attached hydrogen (secondary N) is 1. The van der Waals surface area contributed by atoms with Crippen LogP contribution in [0.5, 0.6) is 0 Å². The Kier molecular flexibility index (Phi) is 3.90. The Morgan fingerprint density at radius 1 is 1.50 bits per heavy atom. The van der Waals surface area contributed by atoms with Crippen LogP contribution in [0.25, 0.3) is 0 Å². The smallest absolute Gasteiger partial charge is 0.409 e. The van der Waals surface area contributed by atoms with E-state index in [2.05, 4.69) is 0 Å². The fraction of sp³-hybridized carbons (Fsp3) is 0.625. The Hall–Kier alpha value is -1.77. The molecule has 0 fully saturated rings. The first-order valence-corrected chi connectivity index (χ1v) is 3.88. The quantitative estimate of drug-likeness (QED) is 0.675. The maximum absolute atomic E-state index is 11.0. The number of rotatable bonds is 2. The number of carbonyl (C=O) groups excluding carboxylic acids is 1. The fourth-order valence-electron chi connectivity index (χ4n) is 0.575. The van der Waals surface area contributed by atoms with Crippen LogP contribution in [0.1, 0.15) is 20.8 Å². The standard InChI is InChI=1S/C8H12N2O4/c1-8(2,3)14-7(13)10-5(4-9)6(11)12/h5H,1-3H3,(H,10,13)(H,11,12)/t5-/m0/s1. The van der Waals surface area contributed by atoms with Gasteiger partial charge in [-0.3, -0.25) is 5.32 Å². The molecule has 78 valence electrons. The van der Waals surface area contributed by atoms with Crippen LogP contribution >= 0.6 is 0 Å². The number of hydrogen-bond acceptors (Lipinski definition) is 4. The number of nitrogens with zero attached hydrogens (tertiary/aromatic N) is 1. The molecule has 6 nitrogen and oxygen atoms in total. The molecule has 0 aliphatic carbocycles. The van der Waals surface area contributed by atoms with E-state index in [4.69, 9.17) is 15.1 Å². The zero-order chi connectivity index (χ0) is 11.4. The van der Waals surface area contributed by atoms with E-state index in [-0.39, 0.29) is 0 Å². The summed E-state index contributed by atoms with van der Waals surface area (Å²) in [5, 5.41) is 18.7. The summed E-state index contributed by atoms with van der Waals surface area (Å²) in [5.74, 6) is -1.42. The van der Waals surface area contributed by atoms with Crippen molar-refractivity contribution in [3.05, 3.63) is 0 Å². The van der Waals surface area contributed by atoms with Gasteiger partial charge in [-0.1, -0.05) is 0 Å². The molecule has 0 rings (SSSR count). The van der Waals surface area contributed by atoms with E-state index in [9.17, 15) is 9.59 Å². The monoisotopic (exact) mass is 200 g/mol. The highest BCUT2D eigenvalue weighted by Crippen LogP contribution is 2.06. The molecule has 1 amide bonds. The van der Waals surface area contributed by atoms with Gasteiger partial charge in [0.05, 0.1) is 6.07 Å². The van der Waals surface area contributed by atoms with E-state index in [0.29, 0.717) is 0 Å². The SMILES string of the molecule is CC(C)(C)OC(=O)N[C@@H](C#N)C(=O)O. The summed E-state index contributed by atoms with van der Waals surface area (Å²) in [6.07, 6.45) is -0.925. The normalized spacial score (nSPS) is 12.4. The molecule has 0 heterocycles. The summed E-state index contributed by atoms with van der Waals surface area (Å²) >= 11 is 0. The average Bonchev–Trinajstić information content (AvgIpc) is 1.96. The number of nitriles is 1. The van der Waals surface area contributed by atoms with Crippen LogP contribution in [0.2, 0.25) is 0 Å². The highest BCUT2D eigenvalue weighted by Gasteiger charge is 2.23. The molecule has 0 spiro atoms. The third kappa shape index (κ3) is 4.98. The maximum Gasteiger partial charge on any atom is 0.409 e. The second-order valence-corrected chi connectivity index (χ2v) is 3.55. The van der Waals surface area contributed by atoms with Gasteiger partial charge < -0.3 is 9.84 Å². The Balaban J connectivity index is 4.20. The minimum absolute atomic E-state index is 0.720. The van der Waals surface area contributed by atoms with E-state index in [0.717, 1.165) is 0 Å². The lowest BCUT2D eigenvalue weighted by Gasteiger charge is -2.20. The molecule has 0 saturated carbocycles. The van der Waals surface area contributed by atoms with Gasteiger partial charge in [-0.25, -0.2) is 9.59 Å². The number of amides is 1. The second kappa shape index (κ2) is 4.46. The van der Waals surface area contributed by atoms with Crippen LogP contribution in [-0.4, -0.2) is 28.8 Å². The van der Waals surface area contributed by atoms with Crippen molar-refractivity contribution >= 4 is 12.1 Å². The molecule has 0 aromatic rings. The van der Waals surface area contributed by atoms with Crippen LogP contribution in [0, 0.1) is 11.3 Å². The summed E-state index contributed by atoms with van der Waals surface area (Å²) in [6, 6.07) is -0.172. The van der Waals surface area contributed by atoms with Gasteiger partial charge in [-0.15, -0.1) is 0 Å². The predicted molar refractivity (Wildman–Crippen MR) is 46.4 cm³/mol. The molecule has 1 atom stereocenters. The number of alkyl carbamates (subject to hydrolysis) is 1. The van der Waals surface area contributed by atoms with Gasteiger partial charge in [-0.2, -0.15) is 5.26 Å². The zero-order valence-electron chi connectivity index (χ0n) is 8.20. The molecule has 0 aliphatic heterocycles. The Morgan fingerprint density at radius 3 is 2.29 bits per heavy atom. The highest BCUT2D eigenvalue weighted by molar-refractivity contribution is 5.82. The number of carboxylic acid groups (broad SMARTS) is 1. The molecule has 0 bridgehead atoms. The Labute approximate surface area is 81.5 Å². The number of hydrogen-bond donors (Lipinski definition) is 2. The van der Waals surface area contributed by atoms with E-state index in [1.165, 1.54) is 6.07 Å². The van der Waals surface area contributed by atoms with Gasteiger partial charge in [0, 0.05) is 0 Å². The van der Waals surface area contributed by atoms with Crippen molar-refractivity contribution in [1.82, 2.24) is 5.32 Å². The number of ether oxygens (including phenoxy) is 1. The summed E-state index contributed by atoms with van der Waals surface area (Å²) in [6.45, 7) is 4.90. The number of aliphatic carboxylic acids is 1. The Morgan fingerprint density at radius 2 is 2.00 bits per heavy atom. The molecule has 0 unspecified atom stereocenters. The molecule has 0 saturated heterocycles. The minimum atomic E-state index is -1.58. The van der Waals surface area contributed by atoms with Gasteiger partial charge >= 0.3 is 12.1 Å². The van der Waals surface area contributed by atoms with E-state index in [1.807, 2.05) is 5.32 Å². The van der Waals surface area contributed by atoms with Gasteiger partial charge in [0.1, 0.15) is 5.60 Å². The molecule has 14 heavy (non-hydrogen) atoms. The minimum Gasteiger partial charge on any atom is -0.479 e. The van der Waals surface area contributed by atoms with Crippen molar-refractivity contribution in [2.75, 3.05) is 0 Å². The average molecular weight is 200 g/mol. The molecule has 0 radical (unpaired) electrons. The Bertz CT molecular complexity index is 274. The third-order valence-corrected chi connectivity index (χ3v) is 1.04. The molecule has 0 aromatic heterocycles. The lowest BCUT2D eigenvalue weighted by molar-refractivity contribution is -0.137. The molecule has 0 aromatic carbocycles. The van der Waals surface area contributed by atoms with Crippen LogP contribution in [0.3, 0.4) is 0 Å². The molecule has 0 aliphatic rings. The molecule has 6 heteroatoms. The fourth-order valence-corrected chi connectivity index (χ4v) is 0.575. The zero-order valence-corrected chi connectivity index (χ0v) is 8.20. The maximum atomic E-state index is 11.0. The van der Waals surface area contributed by atoms with Crippen molar-refractivity contribution in [3.63, 3.8) is 0 Å². The van der Waals surface area contributed by atoms with E-state index >= 15 is 0 Å². The molecular weight excluding hydrogens is 188 g/mol. The first-order chi connectivity index (χ1) is 6.26. The number of carbonyl (C=O) groups is 2. The van der Waals surface area contributed by atoms with Gasteiger partial charge in [0.25, 0.3) is 0 Å². The largest absolute Gasteiger partial charge is 0.479 e. The predicted octanol–water partition coefficient (Wildman–Crippen LogP) is 0.488. The number of carboxylic acids is 1. The lowest BCUT2D eigenvalue weighted by Crippen LogP contribution is -2.42. The molecular formula is C8H12N2O4. The topological polar surface area (TPSA) is 99.4 Å². The summed E-state index contributed by atoms with van der Waals surface area (Å²) < 4.78 is 4.76. The summed E-state index contributed by atoms with van der Waals surface area (Å²) in [4.78, 5) is 21.3. The van der Waals surface area contributed by atoms with Crippen LogP contribution in [-0.2, 0) is 9.53 Å². The van der Waals surface area contributed by atoms with Crippen molar-refractivity contribution in [2.45, 2.75) is 32.4 Å². The van der Waals surface area contributed by atoms with Crippen LogP contribution in [0.4, 0.5) is 4.79 Å². The van der Waals surface area contributed by atoms with Crippen molar-refractivity contribution < 1.29 is 19.4 Å². The van der Waals surface area contributed by atoms with Crippen molar-refractivity contribution in [2.24, 2.45) is 0 Å². The first-order valence-electron chi connectivity index (χ1n) is 3.88. The highest BCUT2D eigenvalue weighted by atomic mass is 16.6. The molecule has 2 N–H and O–H groups in total. The summed E-state index contributed by atoms with van der Waals surface area (Å²) in [5.41, 5.74) is -0.720. The van der Waals surface area contributed by atoms with E-state index in [1.54, 1.807) is 20.8 Å². The first kappa shape index (κ1) is 12.2. The second-order valence-electron chi connectivity index (χ2n) is 3.55. The third-order valence-electron chi connectivity index (χ3n) is 1.04. The lowest BCUT2D eigenvalue weighted by atomic mass is 10.2. The summed E-state index contributed by atoms with van der Waals surface area (Å²) in [7, 11) is 0. The van der Waals surface area contributed by atoms with Gasteiger partial charge in [0.2, 0.25) is 6.04 Å². The van der Waals surface area contributed by atoms with Gasteiger partial charge in [0.15, 0.2) is 0 Å². The van der Waals surface area contributed by atoms with E-state index < -0.39 is 23.7 Å².